The van der Waals surface area contributed by atoms with E-state index >= 15 is 0 Å². The van der Waals surface area contributed by atoms with E-state index in [1.807, 2.05) is 0 Å². The van der Waals surface area contributed by atoms with Crippen LogP contribution in [-0.2, 0) is 0 Å². The maximum absolute atomic E-state index is 14.6. The lowest BCUT2D eigenvalue weighted by atomic mass is 9.41. The maximum Gasteiger partial charge on any atom is 0.222 e. The van der Waals surface area contributed by atoms with Crippen LogP contribution in [0.1, 0.15) is 66.7 Å². The smallest absolute Gasteiger partial charge is 0.222 e. The first-order valence-electron chi connectivity index (χ1n) is 12.5. The van der Waals surface area contributed by atoms with E-state index in [9.17, 15) is 4.39 Å². The van der Waals surface area contributed by atoms with Gasteiger partial charge in [0, 0.05) is 30.1 Å². The van der Waals surface area contributed by atoms with Gasteiger partial charge in [0.1, 0.15) is 12.4 Å². The minimum atomic E-state index is -0.427. The maximum atomic E-state index is 14.6. The number of amidine groups is 1. The number of guanidine groups is 1. The van der Waals surface area contributed by atoms with E-state index in [4.69, 9.17) is 15.5 Å². The van der Waals surface area contributed by atoms with Crippen molar-refractivity contribution in [2.24, 2.45) is 27.6 Å². The predicted molar refractivity (Wildman–Crippen MR) is 133 cm³/mol. The van der Waals surface area contributed by atoms with Crippen LogP contribution in [0, 0.1) is 17.7 Å². The molecule has 182 valence electrons. The van der Waals surface area contributed by atoms with Crippen molar-refractivity contribution >= 4 is 17.5 Å². The lowest BCUT2D eigenvalue weighted by molar-refractivity contribution is -0.198. The molecular weight excluding hydrogens is 417 g/mol. The van der Waals surface area contributed by atoms with Crippen LogP contribution >= 0.6 is 0 Å². The Kier molecular flexibility index (Phi) is 6.72. The monoisotopic (exact) mass is 457 g/mol. The van der Waals surface area contributed by atoms with Crippen LogP contribution in [0.4, 0.5) is 10.1 Å². The Bertz CT molecular complexity index is 910. The summed E-state index contributed by atoms with van der Waals surface area (Å²) in [5, 5.41) is 0. The fraction of sp³-hybridized carbons (Fsp3) is 0.692. The van der Waals surface area contributed by atoms with Gasteiger partial charge < -0.3 is 15.4 Å². The van der Waals surface area contributed by atoms with Gasteiger partial charge in [0.15, 0.2) is 11.6 Å². The zero-order chi connectivity index (χ0) is 23.8. The van der Waals surface area contributed by atoms with E-state index in [2.05, 4.69) is 49.4 Å². The highest BCUT2D eigenvalue weighted by Crippen LogP contribution is 2.66. The van der Waals surface area contributed by atoms with Crippen LogP contribution in [0.5, 0.6) is 5.75 Å². The molecule has 3 saturated carbocycles. The van der Waals surface area contributed by atoms with Gasteiger partial charge in [0.2, 0.25) is 5.96 Å². The lowest BCUT2D eigenvalue weighted by Gasteiger charge is -2.74. The number of halogens is 1. The Hall–Kier alpha value is -2.15. The minimum absolute atomic E-state index is 0.0606. The molecule has 7 heteroatoms. The number of hydrogen-bond acceptors (Lipinski definition) is 3. The second-order valence-corrected chi connectivity index (χ2v) is 10.9. The normalized spacial score (nSPS) is 27.8. The third kappa shape index (κ3) is 4.75. The largest absolute Gasteiger partial charge is 0.489 e. The molecule has 2 N–H and O–H groups in total. The third-order valence-corrected chi connectivity index (χ3v) is 7.74. The van der Waals surface area contributed by atoms with Crippen LogP contribution in [0.2, 0.25) is 0 Å². The average Bonchev–Trinajstić information content (AvgIpc) is 3.23. The number of nitrogens with two attached hydrogens (primary N) is 1. The lowest BCUT2D eigenvalue weighted by Crippen LogP contribution is -2.78. The summed E-state index contributed by atoms with van der Waals surface area (Å²) in [6, 6.07) is 4.72. The number of aliphatic imine (C=N–C) groups is 2. The van der Waals surface area contributed by atoms with Crippen molar-refractivity contribution in [1.29, 1.82) is 0 Å². The summed E-state index contributed by atoms with van der Waals surface area (Å²) in [5.74, 6) is 2.46. The molecule has 0 radical (unpaired) electrons. The van der Waals surface area contributed by atoms with Crippen molar-refractivity contribution in [2.45, 2.75) is 77.8 Å². The first-order valence-corrected chi connectivity index (χ1v) is 12.5. The Morgan fingerprint density at radius 1 is 1.27 bits per heavy atom. The number of rotatable bonds is 7. The molecule has 1 atom stereocenters. The molecule has 0 amide bonds. The van der Waals surface area contributed by atoms with Crippen LogP contribution < -0.4 is 10.5 Å². The molecule has 1 saturated heterocycles. The van der Waals surface area contributed by atoms with Gasteiger partial charge in [-0.2, -0.15) is 0 Å². The van der Waals surface area contributed by atoms with E-state index < -0.39 is 5.82 Å². The predicted octanol–water partition coefficient (Wildman–Crippen LogP) is 4.95. The highest BCUT2D eigenvalue weighted by atomic mass is 19.1. The molecule has 0 aromatic heterocycles. The first kappa shape index (κ1) is 24.0. The second-order valence-electron chi connectivity index (χ2n) is 10.9. The van der Waals surface area contributed by atoms with E-state index in [0.29, 0.717) is 18.2 Å². The second kappa shape index (κ2) is 9.24. The number of hydrogen-bond donors (Lipinski definition) is 1. The van der Waals surface area contributed by atoms with Gasteiger partial charge in [0.05, 0.1) is 5.69 Å². The van der Waals surface area contributed by atoms with Gasteiger partial charge in [-0.05, 0) is 83.5 Å². The molecular formula is C26H40FN5O. The average molecular weight is 458 g/mol. The van der Waals surface area contributed by atoms with Crippen molar-refractivity contribution in [3.63, 3.8) is 0 Å². The van der Waals surface area contributed by atoms with E-state index in [1.54, 1.807) is 12.1 Å². The molecule has 4 fully saturated rings. The van der Waals surface area contributed by atoms with E-state index in [1.165, 1.54) is 31.7 Å². The van der Waals surface area contributed by atoms with Gasteiger partial charge in [-0.25, -0.2) is 14.4 Å². The molecule has 0 unspecified atom stereocenters. The van der Waals surface area contributed by atoms with Gasteiger partial charge in [0.25, 0.3) is 0 Å². The van der Waals surface area contributed by atoms with Gasteiger partial charge in [-0.15, -0.1) is 0 Å². The summed E-state index contributed by atoms with van der Waals surface area (Å²) >= 11 is 0. The Labute approximate surface area is 198 Å². The van der Waals surface area contributed by atoms with Gasteiger partial charge in [-0.1, -0.05) is 13.8 Å². The highest BCUT2D eigenvalue weighted by Gasteiger charge is 2.67. The standard InChI is InChI=1S/C26H40FN5O/c1-6-23(32(25(3,4)5)26-16-19(17-26)18(26)2)30-24(28)29-20-9-10-22(21(27)15-20)33-14-13-31-11-7-8-12-31/h9-10,15,18-19H,6-8,11-14,16-17H2,1-5H3,(H2,28,29)/t18-,19?,26?/m1/s1. The van der Waals surface area contributed by atoms with Crippen molar-refractivity contribution in [3.8, 4) is 5.75 Å². The Morgan fingerprint density at radius 2 is 1.97 bits per heavy atom. The van der Waals surface area contributed by atoms with Crippen molar-refractivity contribution in [1.82, 2.24) is 9.80 Å². The van der Waals surface area contributed by atoms with Gasteiger partial charge >= 0.3 is 0 Å². The fourth-order valence-corrected chi connectivity index (χ4v) is 5.93. The number of benzene rings is 1. The Balaban J connectivity index is 1.45. The molecule has 6 nitrogen and oxygen atoms in total. The minimum Gasteiger partial charge on any atom is -0.489 e. The third-order valence-electron chi connectivity index (χ3n) is 7.74. The van der Waals surface area contributed by atoms with Crippen LogP contribution in [0.3, 0.4) is 0 Å². The highest BCUT2D eigenvalue weighted by molar-refractivity contribution is 5.97. The molecule has 33 heavy (non-hydrogen) atoms. The Morgan fingerprint density at radius 3 is 2.48 bits per heavy atom. The van der Waals surface area contributed by atoms with Crippen molar-refractivity contribution in [3.05, 3.63) is 24.0 Å². The summed E-state index contributed by atoms with van der Waals surface area (Å²) in [4.78, 5) is 13.9. The molecule has 1 aliphatic heterocycles. The van der Waals surface area contributed by atoms with E-state index in [0.717, 1.165) is 37.8 Å². The van der Waals surface area contributed by atoms with E-state index in [-0.39, 0.29) is 22.8 Å². The number of ether oxygens (including phenoxy) is 1. The SMILES string of the molecule is CCC(=NC(N)=Nc1ccc(OCCN2CCCC2)c(F)c1)N(C(C)(C)C)C12CC(C1)[C@H]2C. The topological polar surface area (TPSA) is 66.5 Å². The number of nitrogens with zero attached hydrogens (tertiary/aromatic N) is 4. The van der Waals surface area contributed by atoms with Gasteiger partial charge in [-0.3, -0.25) is 4.90 Å². The zero-order valence-electron chi connectivity index (χ0n) is 20.9. The molecule has 1 heterocycles. The van der Waals surface area contributed by atoms with Crippen LogP contribution in [0.15, 0.2) is 28.2 Å². The van der Waals surface area contributed by atoms with Crippen molar-refractivity contribution in [2.75, 3.05) is 26.2 Å². The van der Waals surface area contributed by atoms with Crippen LogP contribution in [-0.4, -0.2) is 58.9 Å². The van der Waals surface area contributed by atoms with Crippen molar-refractivity contribution < 1.29 is 9.13 Å². The summed E-state index contributed by atoms with van der Waals surface area (Å²) in [5.41, 5.74) is 6.80. The molecule has 0 spiro atoms. The molecule has 1 aromatic carbocycles. The fourth-order valence-electron chi connectivity index (χ4n) is 5.93. The zero-order valence-corrected chi connectivity index (χ0v) is 20.9. The summed E-state index contributed by atoms with van der Waals surface area (Å²) in [6.07, 6.45) is 5.69. The number of likely N-dealkylation sites (tertiary alicyclic amines) is 1. The molecule has 1 aromatic rings. The quantitative estimate of drug-likeness (QED) is 0.465. The summed E-state index contributed by atoms with van der Waals surface area (Å²) in [6.45, 7) is 14.7. The summed E-state index contributed by atoms with van der Waals surface area (Å²) in [7, 11) is 0. The molecule has 4 aliphatic rings. The molecule has 2 bridgehead atoms. The van der Waals surface area contributed by atoms with Crippen LogP contribution in [0.25, 0.3) is 0 Å². The first-order chi connectivity index (χ1) is 15.6. The molecule has 3 aliphatic carbocycles. The molecule has 5 rings (SSSR count). The summed E-state index contributed by atoms with van der Waals surface area (Å²) < 4.78 is 20.2.